The van der Waals surface area contributed by atoms with Gasteiger partial charge in [0.05, 0.1) is 0 Å². The standard InChI is InChI=1S/C16H27N3/c1-4-6-14-11-15(17-9-5-2)19-16(18-14)13-8-7-12(3)10-13/h11-13H,4-10H2,1-3H3,(H,17,18,19). The molecule has 0 aliphatic heterocycles. The molecule has 1 N–H and O–H groups in total. The Labute approximate surface area is 117 Å². The summed E-state index contributed by atoms with van der Waals surface area (Å²) < 4.78 is 0. The topological polar surface area (TPSA) is 37.8 Å². The summed E-state index contributed by atoms with van der Waals surface area (Å²) in [5.41, 5.74) is 1.20. The minimum absolute atomic E-state index is 0.578. The van der Waals surface area contributed by atoms with Crippen LogP contribution in [0.1, 0.15) is 70.3 Å². The van der Waals surface area contributed by atoms with E-state index in [9.17, 15) is 0 Å². The highest BCUT2D eigenvalue weighted by Crippen LogP contribution is 2.36. The van der Waals surface area contributed by atoms with Crippen LogP contribution in [0.4, 0.5) is 5.82 Å². The molecule has 3 heteroatoms. The lowest BCUT2D eigenvalue weighted by Crippen LogP contribution is -2.09. The van der Waals surface area contributed by atoms with Crippen molar-refractivity contribution in [2.45, 2.75) is 65.2 Å². The molecule has 2 rings (SSSR count). The van der Waals surface area contributed by atoms with Gasteiger partial charge in [-0.2, -0.15) is 0 Å². The van der Waals surface area contributed by atoms with Crippen molar-refractivity contribution in [3.63, 3.8) is 0 Å². The highest BCUT2D eigenvalue weighted by molar-refractivity contribution is 5.36. The summed E-state index contributed by atoms with van der Waals surface area (Å²) in [5, 5.41) is 3.42. The predicted molar refractivity (Wildman–Crippen MR) is 80.6 cm³/mol. The smallest absolute Gasteiger partial charge is 0.134 e. The van der Waals surface area contributed by atoms with Crippen LogP contribution >= 0.6 is 0 Å². The molecule has 1 saturated carbocycles. The summed E-state index contributed by atoms with van der Waals surface area (Å²) in [6, 6.07) is 2.13. The van der Waals surface area contributed by atoms with Crippen molar-refractivity contribution in [2.24, 2.45) is 5.92 Å². The first kappa shape index (κ1) is 14.3. The fraction of sp³-hybridized carbons (Fsp3) is 0.750. The second-order valence-corrected chi connectivity index (χ2v) is 5.89. The molecule has 1 aromatic heterocycles. The van der Waals surface area contributed by atoms with E-state index in [1.807, 2.05) is 0 Å². The summed E-state index contributed by atoms with van der Waals surface area (Å²) in [5.74, 6) is 3.51. The van der Waals surface area contributed by atoms with Gasteiger partial charge in [-0.1, -0.05) is 27.2 Å². The van der Waals surface area contributed by atoms with Gasteiger partial charge in [-0.3, -0.25) is 0 Å². The number of rotatable bonds is 6. The third-order valence-corrected chi connectivity index (χ3v) is 3.92. The van der Waals surface area contributed by atoms with Gasteiger partial charge in [0.2, 0.25) is 0 Å². The number of aryl methyl sites for hydroxylation is 1. The van der Waals surface area contributed by atoms with Crippen molar-refractivity contribution >= 4 is 5.82 Å². The Hall–Kier alpha value is -1.12. The van der Waals surface area contributed by atoms with E-state index in [1.54, 1.807) is 0 Å². The second kappa shape index (κ2) is 6.88. The maximum atomic E-state index is 4.80. The number of hydrogen-bond acceptors (Lipinski definition) is 3. The number of anilines is 1. The molecule has 1 aliphatic rings. The Morgan fingerprint density at radius 1 is 1.21 bits per heavy atom. The molecule has 0 aromatic carbocycles. The Kier molecular flexibility index (Phi) is 5.17. The Bertz CT molecular complexity index is 403. The van der Waals surface area contributed by atoms with E-state index in [0.717, 1.165) is 43.4 Å². The lowest BCUT2D eigenvalue weighted by molar-refractivity contribution is 0.583. The maximum Gasteiger partial charge on any atom is 0.134 e. The Balaban J connectivity index is 2.18. The molecule has 1 aromatic rings. The molecule has 0 saturated heterocycles. The van der Waals surface area contributed by atoms with Gasteiger partial charge in [0.15, 0.2) is 0 Å². The quantitative estimate of drug-likeness (QED) is 0.835. The van der Waals surface area contributed by atoms with Crippen molar-refractivity contribution < 1.29 is 0 Å². The SMILES string of the molecule is CCCNc1cc(CCC)nc(C2CCC(C)C2)n1. The highest BCUT2D eigenvalue weighted by Gasteiger charge is 2.25. The molecule has 106 valence electrons. The normalized spacial score (nSPS) is 22.7. The molecular weight excluding hydrogens is 234 g/mol. The third-order valence-electron chi connectivity index (χ3n) is 3.92. The van der Waals surface area contributed by atoms with Gasteiger partial charge in [-0.25, -0.2) is 9.97 Å². The van der Waals surface area contributed by atoms with Gasteiger partial charge < -0.3 is 5.32 Å². The van der Waals surface area contributed by atoms with Crippen molar-refractivity contribution in [2.75, 3.05) is 11.9 Å². The average Bonchev–Trinajstić information content (AvgIpc) is 2.83. The van der Waals surface area contributed by atoms with Gasteiger partial charge in [0, 0.05) is 24.2 Å². The van der Waals surface area contributed by atoms with Crippen LogP contribution < -0.4 is 5.32 Å². The molecule has 2 atom stereocenters. The molecule has 19 heavy (non-hydrogen) atoms. The van der Waals surface area contributed by atoms with Gasteiger partial charge in [0.25, 0.3) is 0 Å². The molecule has 0 bridgehead atoms. The van der Waals surface area contributed by atoms with Crippen LogP contribution in [0.15, 0.2) is 6.07 Å². The molecule has 0 amide bonds. The molecule has 1 aliphatic carbocycles. The van der Waals surface area contributed by atoms with E-state index in [2.05, 4.69) is 32.2 Å². The number of nitrogens with one attached hydrogen (secondary N) is 1. The highest BCUT2D eigenvalue weighted by atomic mass is 15.0. The largest absolute Gasteiger partial charge is 0.370 e. The second-order valence-electron chi connectivity index (χ2n) is 5.89. The summed E-state index contributed by atoms with van der Waals surface area (Å²) in [6.07, 6.45) is 7.16. The van der Waals surface area contributed by atoms with Gasteiger partial charge in [-0.15, -0.1) is 0 Å². The lowest BCUT2D eigenvalue weighted by atomic mass is 10.1. The molecular formula is C16H27N3. The molecule has 1 fully saturated rings. The van der Waals surface area contributed by atoms with Crippen molar-refractivity contribution in [3.05, 3.63) is 17.6 Å². The van der Waals surface area contributed by atoms with Crippen LogP contribution in [-0.2, 0) is 6.42 Å². The third kappa shape index (κ3) is 3.92. The zero-order valence-corrected chi connectivity index (χ0v) is 12.6. The number of nitrogens with zero attached hydrogens (tertiary/aromatic N) is 2. The van der Waals surface area contributed by atoms with Gasteiger partial charge in [-0.05, 0) is 38.0 Å². The van der Waals surface area contributed by atoms with Crippen LogP contribution in [-0.4, -0.2) is 16.5 Å². The molecule has 0 radical (unpaired) electrons. The maximum absolute atomic E-state index is 4.80. The lowest BCUT2D eigenvalue weighted by Gasteiger charge is -2.13. The van der Waals surface area contributed by atoms with E-state index in [1.165, 1.54) is 25.0 Å². The van der Waals surface area contributed by atoms with Crippen molar-refractivity contribution in [1.29, 1.82) is 0 Å². The summed E-state index contributed by atoms with van der Waals surface area (Å²) >= 11 is 0. The molecule has 1 heterocycles. The van der Waals surface area contributed by atoms with Crippen LogP contribution in [0.2, 0.25) is 0 Å². The number of aromatic nitrogens is 2. The van der Waals surface area contributed by atoms with Crippen LogP contribution in [0.3, 0.4) is 0 Å². The summed E-state index contributed by atoms with van der Waals surface area (Å²) in [6.45, 7) is 7.72. The van der Waals surface area contributed by atoms with Crippen LogP contribution in [0.25, 0.3) is 0 Å². The van der Waals surface area contributed by atoms with Crippen molar-refractivity contribution in [3.8, 4) is 0 Å². The minimum atomic E-state index is 0.578. The molecule has 2 unspecified atom stereocenters. The fourth-order valence-corrected chi connectivity index (χ4v) is 2.87. The van der Waals surface area contributed by atoms with Crippen LogP contribution in [0.5, 0.6) is 0 Å². The van der Waals surface area contributed by atoms with E-state index in [0.29, 0.717) is 5.92 Å². The first-order valence-corrected chi connectivity index (χ1v) is 7.84. The minimum Gasteiger partial charge on any atom is -0.370 e. The zero-order valence-electron chi connectivity index (χ0n) is 12.6. The first-order chi connectivity index (χ1) is 9.22. The molecule has 0 spiro atoms. The summed E-state index contributed by atoms with van der Waals surface area (Å²) in [7, 11) is 0. The zero-order chi connectivity index (χ0) is 13.7. The van der Waals surface area contributed by atoms with Gasteiger partial charge >= 0.3 is 0 Å². The van der Waals surface area contributed by atoms with Gasteiger partial charge in [0.1, 0.15) is 11.6 Å². The van der Waals surface area contributed by atoms with E-state index >= 15 is 0 Å². The fourth-order valence-electron chi connectivity index (χ4n) is 2.87. The van der Waals surface area contributed by atoms with Crippen LogP contribution in [0, 0.1) is 5.92 Å². The predicted octanol–water partition coefficient (Wildman–Crippen LogP) is 4.15. The van der Waals surface area contributed by atoms with E-state index in [-0.39, 0.29) is 0 Å². The van der Waals surface area contributed by atoms with Crippen molar-refractivity contribution in [1.82, 2.24) is 9.97 Å². The van der Waals surface area contributed by atoms with E-state index in [4.69, 9.17) is 9.97 Å². The first-order valence-electron chi connectivity index (χ1n) is 7.84. The molecule has 3 nitrogen and oxygen atoms in total. The average molecular weight is 261 g/mol. The number of hydrogen-bond donors (Lipinski definition) is 1. The monoisotopic (exact) mass is 261 g/mol. The Morgan fingerprint density at radius 2 is 2.05 bits per heavy atom. The van der Waals surface area contributed by atoms with E-state index < -0.39 is 0 Å². The Morgan fingerprint density at radius 3 is 2.68 bits per heavy atom. The summed E-state index contributed by atoms with van der Waals surface area (Å²) in [4.78, 5) is 9.54.